The zero-order valence-electron chi connectivity index (χ0n) is 10.0. The van der Waals surface area contributed by atoms with Crippen molar-refractivity contribution in [2.45, 2.75) is 0 Å². The number of pyridine rings is 1. The molecule has 0 atom stereocenters. The number of hydrogen-bond donors (Lipinski definition) is 1. The highest BCUT2D eigenvalue weighted by atomic mass is 35.5. The molecule has 6 nitrogen and oxygen atoms in total. The van der Waals surface area contributed by atoms with Crippen LogP contribution in [0.1, 0.15) is 10.5 Å². The molecule has 0 fully saturated rings. The quantitative estimate of drug-likeness (QED) is 0.675. The van der Waals surface area contributed by atoms with Gasteiger partial charge in [0.25, 0.3) is 0 Å². The second-order valence-electron chi connectivity index (χ2n) is 3.56. The van der Waals surface area contributed by atoms with Gasteiger partial charge in [-0.15, -0.1) is 0 Å². The Hall–Kier alpha value is -1.99. The van der Waals surface area contributed by atoms with Gasteiger partial charge in [0.2, 0.25) is 5.95 Å². The molecule has 0 aliphatic heterocycles. The molecule has 2 heterocycles. The molecular weight excluding hydrogens is 310 g/mol. The van der Waals surface area contributed by atoms with E-state index in [1.807, 2.05) is 0 Å². The number of nitrogens with two attached hydrogens (primary N) is 1. The van der Waals surface area contributed by atoms with Crippen molar-refractivity contribution in [1.29, 1.82) is 0 Å². The van der Waals surface area contributed by atoms with Gasteiger partial charge in [-0.1, -0.05) is 23.2 Å². The predicted molar refractivity (Wildman–Crippen MR) is 71.0 cm³/mol. The number of rotatable bonds is 2. The van der Waals surface area contributed by atoms with Crippen LogP contribution in [0, 0.1) is 5.95 Å². The smallest absolute Gasteiger partial charge is 0.358 e. The molecule has 0 bridgehead atoms. The van der Waals surface area contributed by atoms with Crippen LogP contribution in [0.3, 0.4) is 0 Å². The molecule has 2 rings (SSSR count). The third-order valence-corrected chi connectivity index (χ3v) is 2.89. The minimum Gasteiger partial charge on any atom is -0.464 e. The number of carbonyl (C=O) groups is 1. The summed E-state index contributed by atoms with van der Waals surface area (Å²) in [6.07, 6.45) is 0. The van der Waals surface area contributed by atoms with Crippen LogP contribution in [0.4, 0.5) is 10.2 Å². The van der Waals surface area contributed by atoms with Gasteiger partial charge in [-0.3, -0.25) is 0 Å². The molecule has 0 aliphatic carbocycles. The Balaban J connectivity index is 2.63. The third kappa shape index (κ3) is 2.63. The summed E-state index contributed by atoms with van der Waals surface area (Å²) in [5.74, 6) is -2.02. The van der Waals surface area contributed by atoms with Crippen LogP contribution in [0.2, 0.25) is 10.2 Å². The van der Waals surface area contributed by atoms with E-state index in [4.69, 9.17) is 28.9 Å². The molecule has 0 aliphatic rings. The van der Waals surface area contributed by atoms with E-state index in [1.165, 1.54) is 12.1 Å². The number of carbonyl (C=O) groups excluding carboxylic acids is 1. The highest BCUT2D eigenvalue weighted by Gasteiger charge is 2.20. The monoisotopic (exact) mass is 316 g/mol. The van der Waals surface area contributed by atoms with E-state index in [0.717, 1.165) is 7.11 Å². The average Bonchev–Trinajstić information content (AvgIpc) is 2.41. The maximum Gasteiger partial charge on any atom is 0.358 e. The lowest BCUT2D eigenvalue weighted by molar-refractivity contribution is 0.0594. The van der Waals surface area contributed by atoms with Crippen molar-refractivity contribution >= 4 is 35.0 Å². The van der Waals surface area contributed by atoms with Crippen molar-refractivity contribution in [3.8, 4) is 11.4 Å². The van der Waals surface area contributed by atoms with Gasteiger partial charge in [0.05, 0.1) is 12.7 Å². The number of nitrogens with zero attached hydrogens (tertiary/aromatic N) is 3. The maximum atomic E-state index is 13.7. The van der Waals surface area contributed by atoms with Crippen molar-refractivity contribution in [2.24, 2.45) is 0 Å². The molecule has 9 heteroatoms. The van der Waals surface area contributed by atoms with Crippen LogP contribution < -0.4 is 5.73 Å². The first-order chi connectivity index (χ1) is 9.43. The molecule has 104 valence electrons. The number of methoxy groups -OCH3 is 1. The first-order valence-electron chi connectivity index (χ1n) is 5.17. The van der Waals surface area contributed by atoms with Gasteiger partial charge in [0, 0.05) is 0 Å². The molecule has 0 aromatic carbocycles. The Morgan fingerprint density at radius 2 is 2.00 bits per heavy atom. The van der Waals surface area contributed by atoms with E-state index in [9.17, 15) is 9.18 Å². The van der Waals surface area contributed by atoms with Crippen LogP contribution in [0.15, 0.2) is 12.1 Å². The van der Waals surface area contributed by atoms with Crippen LogP contribution in [-0.4, -0.2) is 28.0 Å². The molecule has 0 saturated carbocycles. The highest BCUT2D eigenvalue weighted by molar-refractivity contribution is 6.35. The molecule has 20 heavy (non-hydrogen) atoms. The van der Waals surface area contributed by atoms with Crippen molar-refractivity contribution in [1.82, 2.24) is 15.0 Å². The zero-order valence-corrected chi connectivity index (χ0v) is 11.5. The Morgan fingerprint density at radius 1 is 1.30 bits per heavy atom. The SMILES string of the molecule is COC(=O)c1nc(-c2ccc(Cl)nc2F)nc(N)c1Cl. The van der Waals surface area contributed by atoms with E-state index >= 15 is 0 Å². The van der Waals surface area contributed by atoms with E-state index in [-0.39, 0.29) is 33.1 Å². The van der Waals surface area contributed by atoms with E-state index in [1.54, 1.807) is 0 Å². The second kappa shape index (κ2) is 5.56. The molecule has 2 aromatic heterocycles. The fraction of sp³-hybridized carbons (Fsp3) is 0.0909. The Bertz CT molecular complexity index is 696. The van der Waals surface area contributed by atoms with Gasteiger partial charge in [0.15, 0.2) is 11.5 Å². The van der Waals surface area contributed by atoms with Crippen LogP contribution in [-0.2, 0) is 4.74 Å². The Labute approximate surface area is 122 Å². The normalized spacial score (nSPS) is 10.4. The summed E-state index contributed by atoms with van der Waals surface area (Å²) < 4.78 is 18.2. The zero-order chi connectivity index (χ0) is 14.9. The number of ether oxygens (including phenoxy) is 1. The minimum absolute atomic E-state index is 0.0265. The summed E-state index contributed by atoms with van der Waals surface area (Å²) in [4.78, 5) is 22.6. The van der Waals surface area contributed by atoms with Gasteiger partial charge in [-0.2, -0.15) is 4.39 Å². The average molecular weight is 317 g/mol. The summed E-state index contributed by atoms with van der Waals surface area (Å²) in [5, 5.41) is -0.190. The number of esters is 1. The standard InChI is InChI=1S/C11H7Cl2FN4O2/c1-20-11(19)7-6(13)9(15)18-10(17-7)4-2-3-5(12)16-8(4)14/h2-3H,1H3,(H2,15,17,18). The van der Waals surface area contributed by atoms with Gasteiger partial charge >= 0.3 is 5.97 Å². The third-order valence-electron chi connectivity index (χ3n) is 2.31. The van der Waals surface area contributed by atoms with E-state index in [0.29, 0.717) is 0 Å². The van der Waals surface area contributed by atoms with Crippen LogP contribution in [0.5, 0.6) is 0 Å². The molecule has 0 spiro atoms. The van der Waals surface area contributed by atoms with Crippen molar-refractivity contribution in [3.63, 3.8) is 0 Å². The minimum atomic E-state index is -0.893. The van der Waals surface area contributed by atoms with Gasteiger partial charge in [0.1, 0.15) is 16.0 Å². The van der Waals surface area contributed by atoms with E-state index in [2.05, 4.69) is 19.7 Å². The molecule has 0 saturated heterocycles. The summed E-state index contributed by atoms with van der Waals surface area (Å²) in [7, 11) is 1.15. The Morgan fingerprint density at radius 3 is 2.60 bits per heavy atom. The number of anilines is 1. The topological polar surface area (TPSA) is 91.0 Å². The lowest BCUT2D eigenvalue weighted by Gasteiger charge is -2.07. The predicted octanol–water partition coefficient (Wildman–Crippen LogP) is 2.35. The molecular formula is C11H7Cl2FN4O2. The van der Waals surface area contributed by atoms with Crippen LogP contribution >= 0.6 is 23.2 Å². The lowest BCUT2D eigenvalue weighted by atomic mass is 10.2. The molecule has 0 radical (unpaired) electrons. The number of hydrogen-bond acceptors (Lipinski definition) is 6. The first-order valence-corrected chi connectivity index (χ1v) is 5.93. The highest BCUT2D eigenvalue weighted by Crippen LogP contribution is 2.26. The lowest BCUT2D eigenvalue weighted by Crippen LogP contribution is -2.10. The number of nitrogen functional groups attached to an aromatic ring is 1. The molecule has 2 aromatic rings. The van der Waals surface area contributed by atoms with Crippen molar-refractivity contribution in [2.75, 3.05) is 12.8 Å². The first kappa shape index (κ1) is 14.4. The summed E-state index contributed by atoms with van der Waals surface area (Å²) in [6.45, 7) is 0. The molecule has 0 unspecified atom stereocenters. The van der Waals surface area contributed by atoms with Crippen molar-refractivity contribution < 1.29 is 13.9 Å². The second-order valence-corrected chi connectivity index (χ2v) is 4.32. The van der Waals surface area contributed by atoms with Crippen molar-refractivity contribution in [3.05, 3.63) is 34.0 Å². The largest absolute Gasteiger partial charge is 0.464 e. The summed E-state index contributed by atoms with van der Waals surface area (Å²) in [5.41, 5.74) is 5.25. The van der Waals surface area contributed by atoms with Gasteiger partial charge in [-0.05, 0) is 12.1 Å². The van der Waals surface area contributed by atoms with E-state index < -0.39 is 11.9 Å². The summed E-state index contributed by atoms with van der Waals surface area (Å²) >= 11 is 11.4. The van der Waals surface area contributed by atoms with Gasteiger partial charge in [-0.25, -0.2) is 19.7 Å². The molecule has 0 amide bonds. The van der Waals surface area contributed by atoms with Crippen LogP contribution in [0.25, 0.3) is 11.4 Å². The van der Waals surface area contributed by atoms with Gasteiger partial charge < -0.3 is 10.5 Å². The number of halogens is 3. The Kier molecular flexibility index (Phi) is 4.01. The molecule has 2 N–H and O–H groups in total. The fourth-order valence-electron chi connectivity index (χ4n) is 1.40. The fourth-order valence-corrected chi connectivity index (χ4v) is 1.69. The maximum absolute atomic E-state index is 13.7. The number of aromatic nitrogens is 3. The summed E-state index contributed by atoms with van der Waals surface area (Å²) in [6, 6.07) is 2.67.